The van der Waals surface area contributed by atoms with Crippen LogP contribution in [-0.4, -0.2) is 0 Å². The molecule has 24 heavy (non-hydrogen) atoms. The van der Waals surface area contributed by atoms with Crippen molar-refractivity contribution in [3.05, 3.63) is 76.6 Å². The van der Waals surface area contributed by atoms with E-state index in [1.165, 1.54) is 11.1 Å². The van der Waals surface area contributed by atoms with E-state index in [0.717, 1.165) is 44.2 Å². The van der Waals surface area contributed by atoms with Gasteiger partial charge in [0.15, 0.2) is 17.5 Å². The van der Waals surface area contributed by atoms with Crippen LogP contribution in [0.1, 0.15) is 49.3 Å². The maximum absolute atomic E-state index is 13.1. The topological polar surface area (TPSA) is 0 Å². The molecule has 2 aromatic carbocycles. The minimum atomic E-state index is -1.40. The summed E-state index contributed by atoms with van der Waals surface area (Å²) in [6.07, 6.45) is 9.75. The molecule has 0 fully saturated rings. The second-order valence-corrected chi connectivity index (χ2v) is 6.01. The summed E-state index contributed by atoms with van der Waals surface area (Å²) in [6, 6.07) is 10.6. The van der Waals surface area contributed by atoms with E-state index in [-0.39, 0.29) is 0 Å². The van der Waals surface area contributed by atoms with Crippen molar-refractivity contribution in [2.45, 2.75) is 45.4 Å². The zero-order valence-corrected chi connectivity index (χ0v) is 14.0. The molecule has 0 saturated heterocycles. The van der Waals surface area contributed by atoms with E-state index in [9.17, 15) is 13.2 Å². The summed E-state index contributed by atoms with van der Waals surface area (Å²) < 4.78 is 39.2. The molecule has 0 saturated carbocycles. The summed E-state index contributed by atoms with van der Waals surface area (Å²) in [4.78, 5) is 0. The Morgan fingerprint density at radius 3 is 2.00 bits per heavy atom. The molecule has 2 aromatic rings. The van der Waals surface area contributed by atoms with Crippen molar-refractivity contribution < 1.29 is 13.2 Å². The molecule has 0 spiro atoms. The van der Waals surface area contributed by atoms with Crippen LogP contribution >= 0.6 is 0 Å². The lowest BCUT2D eigenvalue weighted by Gasteiger charge is -2.05. The van der Waals surface area contributed by atoms with Crippen LogP contribution in [0.25, 0.3) is 6.08 Å². The zero-order chi connectivity index (χ0) is 17.4. The van der Waals surface area contributed by atoms with Gasteiger partial charge < -0.3 is 0 Å². The van der Waals surface area contributed by atoms with Crippen molar-refractivity contribution in [3.8, 4) is 0 Å². The monoisotopic (exact) mass is 332 g/mol. The van der Waals surface area contributed by atoms with Crippen molar-refractivity contribution in [3.63, 3.8) is 0 Å². The average Bonchev–Trinajstić information content (AvgIpc) is 2.58. The highest BCUT2D eigenvalue weighted by Gasteiger charge is 2.10. The molecule has 0 aromatic heterocycles. The van der Waals surface area contributed by atoms with Gasteiger partial charge in [-0.3, -0.25) is 0 Å². The van der Waals surface area contributed by atoms with Gasteiger partial charge in [-0.1, -0.05) is 49.8 Å². The van der Waals surface area contributed by atoms with Crippen LogP contribution in [-0.2, 0) is 12.8 Å². The first-order valence-corrected chi connectivity index (χ1v) is 8.49. The average molecular weight is 332 g/mol. The molecule has 0 atom stereocenters. The van der Waals surface area contributed by atoms with Gasteiger partial charge in [0.1, 0.15) is 0 Å². The lowest BCUT2D eigenvalue weighted by atomic mass is 10.0. The van der Waals surface area contributed by atoms with Gasteiger partial charge in [0.2, 0.25) is 0 Å². The second-order valence-electron chi connectivity index (χ2n) is 6.01. The molecule has 2 rings (SSSR count). The van der Waals surface area contributed by atoms with Gasteiger partial charge in [-0.15, -0.1) is 0 Å². The summed E-state index contributed by atoms with van der Waals surface area (Å²) in [5, 5.41) is 0. The summed E-state index contributed by atoms with van der Waals surface area (Å²) >= 11 is 0. The Hall–Kier alpha value is -2.03. The number of hydrogen-bond acceptors (Lipinski definition) is 0. The molecule has 0 N–H and O–H groups in total. The van der Waals surface area contributed by atoms with Crippen LogP contribution in [0.5, 0.6) is 0 Å². The van der Waals surface area contributed by atoms with Crippen LogP contribution in [0.15, 0.2) is 42.5 Å². The maximum Gasteiger partial charge on any atom is 0.194 e. The number of hydrogen-bond donors (Lipinski definition) is 0. The second kappa shape index (κ2) is 9.31. The van der Waals surface area contributed by atoms with Gasteiger partial charge in [-0.05, 0) is 60.9 Å². The predicted molar refractivity (Wildman–Crippen MR) is 93.3 cm³/mol. The molecule has 0 bridgehead atoms. The van der Waals surface area contributed by atoms with E-state index in [2.05, 4.69) is 43.3 Å². The molecular formula is C21H23F3. The van der Waals surface area contributed by atoms with Crippen LogP contribution in [0, 0.1) is 17.5 Å². The highest BCUT2D eigenvalue weighted by Crippen LogP contribution is 2.16. The number of aryl methyl sites for hydroxylation is 2. The van der Waals surface area contributed by atoms with Gasteiger partial charge in [0.05, 0.1) is 0 Å². The molecule has 0 unspecified atom stereocenters. The third-order valence-electron chi connectivity index (χ3n) is 3.97. The number of allylic oxidation sites excluding steroid dienone is 1. The Morgan fingerprint density at radius 1 is 0.833 bits per heavy atom. The van der Waals surface area contributed by atoms with E-state index in [0.29, 0.717) is 12.0 Å². The Labute approximate surface area is 142 Å². The van der Waals surface area contributed by atoms with E-state index in [1.807, 2.05) is 0 Å². The molecule has 3 heteroatoms. The first kappa shape index (κ1) is 18.3. The van der Waals surface area contributed by atoms with Crippen molar-refractivity contribution in [1.82, 2.24) is 0 Å². The number of unbranched alkanes of at least 4 members (excludes halogenated alkanes) is 2. The molecule has 0 aliphatic rings. The fraction of sp³-hybridized carbons (Fsp3) is 0.333. The Bertz CT molecular complexity index is 649. The van der Waals surface area contributed by atoms with Gasteiger partial charge in [0.25, 0.3) is 0 Å². The van der Waals surface area contributed by atoms with Crippen LogP contribution < -0.4 is 0 Å². The largest absolute Gasteiger partial charge is 0.204 e. The number of rotatable bonds is 8. The van der Waals surface area contributed by atoms with Gasteiger partial charge in [-0.2, -0.15) is 0 Å². The minimum Gasteiger partial charge on any atom is -0.204 e. The predicted octanol–water partition coefficient (Wildman–Crippen LogP) is 6.48. The van der Waals surface area contributed by atoms with Gasteiger partial charge in [0, 0.05) is 0 Å². The smallest absolute Gasteiger partial charge is 0.194 e. The van der Waals surface area contributed by atoms with E-state index in [1.54, 1.807) is 0 Å². The molecular weight excluding hydrogens is 309 g/mol. The molecule has 0 aliphatic carbocycles. The summed E-state index contributed by atoms with van der Waals surface area (Å²) in [5.74, 6) is -3.62. The SMILES string of the molecule is CCC/C=C/c1ccc(CCCCc2cc(F)c(F)c(F)c2)cc1. The third kappa shape index (κ3) is 5.55. The summed E-state index contributed by atoms with van der Waals surface area (Å²) in [6.45, 7) is 2.15. The minimum absolute atomic E-state index is 0.503. The summed E-state index contributed by atoms with van der Waals surface area (Å²) in [7, 11) is 0. The van der Waals surface area contributed by atoms with Gasteiger partial charge in [-0.25, -0.2) is 13.2 Å². The van der Waals surface area contributed by atoms with Crippen LogP contribution in [0.4, 0.5) is 13.2 Å². The van der Waals surface area contributed by atoms with E-state index < -0.39 is 17.5 Å². The third-order valence-corrected chi connectivity index (χ3v) is 3.97. The molecule has 0 amide bonds. The van der Waals surface area contributed by atoms with Crippen molar-refractivity contribution >= 4 is 6.08 Å². The molecule has 0 radical (unpaired) electrons. The summed E-state index contributed by atoms with van der Waals surface area (Å²) in [5.41, 5.74) is 2.95. The van der Waals surface area contributed by atoms with E-state index in [4.69, 9.17) is 0 Å². The quantitative estimate of drug-likeness (QED) is 0.383. The Morgan fingerprint density at radius 2 is 1.42 bits per heavy atom. The van der Waals surface area contributed by atoms with E-state index >= 15 is 0 Å². The molecule has 128 valence electrons. The lowest BCUT2D eigenvalue weighted by molar-refractivity contribution is 0.445. The van der Waals surface area contributed by atoms with Gasteiger partial charge >= 0.3 is 0 Å². The van der Waals surface area contributed by atoms with Crippen LogP contribution in [0.3, 0.4) is 0 Å². The first-order chi connectivity index (χ1) is 11.6. The lowest BCUT2D eigenvalue weighted by Crippen LogP contribution is -1.96. The molecule has 0 aliphatic heterocycles. The zero-order valence-electron chi connectivity index (χ0n) is 14.0. The Balaban J connectivity index is 1.78. The van der Waals surface area contributed by atoms with Crippen molar-refractivity contribution in [2.75, 3.05) is 0 Å². The van der Waals surface area contributed by atoms with Crippen LogP contribution in [0.2, 0.25) is 0 Å². The Kier molecular flexibility index (Phi) is 7.10. The standard InChI is InChI=1S/C21H23F3/c1-2-3-4-7-16-10-12-17(13-11-16)8-5-6-9-18-14-19(22)21(24)20(23)15-18/h4,7,10-15H,2-3,5-6,8-9H2,1H3/b7-4+. The molecule has 0 heterocycles. The maximum atomic E-state index is 13.1. The highest BCUT2D eigenvalue weighted by molar-refractivity contribution is 5.49. The highest BCUT2D eigenvalue weighted by atomic mass is 19.2. The first-order valence-electron chi connectivity index (χ1n) is 8.49. The molecule has 0 nitrogen and oxygen atoms in total. The fourth-order valence-electron chi connectivity index (χ4n) is 2.59. The number of benzene rings is 2. The fourth-order valence-corrected chi connectivity index (χ4v) is 2.59. The van der Waals surface area contributed by atoms with Crippen molar-refractivity contribution in [1.29, 1.82) is 0 Å². The normalized spacial score (nSPS) is 11.3. The number of halogens is 3. The van der Waals surface area contributed by atoms with Crippen molar-refractivity contribution in [2.24, 2.45) is 0 Å².